The Hall–Kier alpha value is -1.15. The number of hydrogen-bond donors (Lipinski definition) is 2. The Labute approximate surface area is 116 Å². The van der Waals surface area contributed by atoms with Gasteiger partial charge in [0.05, 0.1) is 0 Å². The fourth-order valence-electron chi connectivity index (χ4n) is 2.12. The molecule has 18 heavy (non-hydrogen) atoms. The van der Waals surface area contributed by atoms with Crippen LogP contribution in [0.4, 0.5) is 0 Å². The normalized spacial score (nSPS) is 10.3. The first-order valence-electron chi connectivity index (χ1n) is 6.37. The van der Waals surface area contributed by atoms with E-state index in [0.29, 0.717) is 0 Å². The first kappa shape index (κ1) is 14.9. The molecule has 0 aliphatic rings. The van der Waals surface area contributed by atoms with Crippen LogP contribution in [0.3, 0.4) is 0 Å². The van der Waals surface area contributed by atoms with E-state index < -0.39 is 0 Å². The summed E-state index contributed by atoms with van der Waals surface area (Å²) in [5.41, 5.74) is 11.4. The average Bonchev–Trinajstić information content (AvgIpc) is 2.33. The summed E-state index contributed by atoms with van der Waals surface area (Å²) in [4.78, 5) is 0. The molecule has 1 aromatic rings. The SMILES string of the molecule is C=C(N)CCCCc1cccc(C(=C)C)c1CS. The molecule has 2 heteroatoms. The highest BCUT2D eigenvalue weighted by molar-refractivity contribution is 7.79. The summed E-state index contributed by atoms with van der Waals surface area (Å²) in [6, 6.07) is 6.42. The highest BCUT2D eigenvalue weighted by atomic mass is 32.1. The van der Waals surface area contributed by atoms with Crippen LogP contribution >= 0.6 is 12.6 Å². The summed E-state index contributed by atoms with van der Waals surface area (Å²) in [5.74, 6) is 0.766. The van der Waals surface area contributed by atoms with Crippen LogP contribution in [-0.4, -0.2) is 0 Å². The lowest BCUT2D eigenvalue weighted by Crippen LogP contribution is -1.98. The molecule has 0 radical (unpaired) electrons. The Kier molecular flexibility index (Phi) is 6.06. The summed E-state index contributed by atoms with van der Waals surface area (Å²) < 4.78 is 0. The Morgan fingerprint density at radius 3 is 2.56 bits per heavy atom. The largest absolute Gasteiger partial charge is 0.403 e. The van der Waals surface area contributed by atoms with Gasteiger partial charge in [0.25, 0.3) is 0 Å². The van der Waals surface area contributed by atoms with Gasteiger partial charge in [-0.2, -0.15) is 12.6 Å². The molecular weight excluding hydrogens is 238 g/mol. The zero-order valence-corrected chi connectivity index (χ0v) is 12.1. The Morgan fingerprint density at radius 2 is 2.00 bits per heavy atom. The number of allylic oxidation sites excluding steroid dienone is 2. The van der Waals surface area contributed by atoms with Gasteiger partial charge < -0.3 is 5.73 Å². The van der Waals surface area contributed by atoms with Gasteiger partial charge >= 0.3 is 0 Å². The number of rotatable bonds is 7. The summed E-state index contributed by atoms with van der Waals surface area (Å²) in [6.45, 7) is 9.80. The van der Waals surface area contributed by atoms with Gasteiger partial charge in [-0.1, -0.05) is 36.9 Å². The molecule has 1 aromatic carbocycles. The minimum atomic E-state index is 0.766. The molecule has 1 nitrogen and oxygen atoms in total. The van der Waals surface area contributed by atoms with Gasteiger partial charge in [-0.05, 0) is 49.3 Å². The van der Waals surface area contributed by atoms with Gasteiger partial charge in [-0.25, -0.2) is 0 Å². The van der Waals surface area contributed by atoms with Crippen LogP contribution in [-0.2, 0) is 12.2 Å². The smallest absolute Gasteiger partial charge is 0.0163 e. The van der Waals surface area contributed by atoms with Crippen molar-refractivity contribution in [3.63, 3.8) is 0 Å². The minimum absolute atomic E-state index is 0.766. The molecule has 0 heterocycles. The van der Waals surface area contributed by atoms with Crippen molar-refractivity contribution in [2.45, 2.75) is 38.4 Å². The van der Waals surface area contributed by atoms with Gasteiger partial charge in [0.2, 0.25) is 0 Å². The van der Waals surface area contributed by atoms with Crippen molar-refractivity contribution in [1.29, 1.82) is 0 Å². The highest BCUT2D eigenvalue weighted by Gasteiger charge is 2.07. The summed E-state index contributed by atoms with van der Waals surface area (Å²) in [5, 5.41) is 0. The Balaban J connectivity index is 2.73. The maximum atomic E-state index is 5.57. The van der Waals surface area contributed by atoms with Crippen molar-refractivity contribution in [2.24, 2.45) is 5.73 Å². The number of benzene rings is 1. The fourth-order valence-corrected chi connectivity index (χ4v) is 2.50. The summed E-state index contributed by atoms with van der Waals surface area (Å²) in [6.07, 6.45) is 4.22. The molecule has 0 saturated heterocycles. The van der Waals surface area contributed by atoms with E-state index in [4.69, 9.17) is 5.73 Å². The highest BCUT2D eigenvalue weighted by Crippen LogP contribution is 2.24. The predicted octanol–water partition coefficient (Wildman–Crippen LogP) is 4.33. The second kappa shape index (κ2) is 7.32. The Bertz CT molecular complexity index is 435. The first-order chi connectivity index (χ1) is 8.56. The van der Waals surface area contributed by atoms with E-state index in [0.717, 1.165) is 42.7 Å². The lowest BCUT2D eigenvalue weighted by molar-refractivity contribution is 0.724. The van der Waals surface area contributed by atoms with Crippen LogP contribution in [0.15, 0.2) is 37.1 Å². The lowest BCUT2D eigenvalue weighted by atomic mass is 9.94. The van der Waals surface area contributed by atoms with Crippen LogP contribution in [0.5, 0.6) is 0 Å². The van der Waals surface area contributed by atoms with Crippen LogP contribution < -0.4 is 5.73 Å². The minimum Gasteiger partial charge on any atom is -0.403 e. The molecule has 0 bridgehead atoms. The monoisotopic (exact) mass is 261 g/mol. The molecular formula is C16H23NS. The van der Waals surface area contributed by atoms with E-state index in [2.05, 4.69) is 44.0 Å². The molecule has 0 atom stereocenters. The molecule has 0 aromatic heterocycles. The molecule has 0 amide bonds. The molecule has 0 aliphatic carbocycles. The van der Waals surface area contributed by atoms with Crippen LogP contribution in [0.2, 0.25) is 0 Å². The molecule has 98 valence electrons. The van der Waals surface area contributed by atoms with E-state index in [1.165, 1.54) is 16.7 Å². The summed E-state index contributed by atoms with van der Waals surface area (Å²) in [7, 11) is 0. The lowest BCUT2D eigenvalue weighted by Gasteiger charge is -2.13. The van der Waals surface area contributed by atoms with Crippen LogP contribution in [0.25, 0.3) is 5.57 Å². The molecule has 2 N–H and O–H groups in total. The zero-order valence-electron chi connectivity index (χ0n) is 11.2. The molecule has 0 unspecified atom stereocenters. The molecule has 1 rings (SSSR count). The second-order valence-corrected chi connectivity index (χ2v) is 5.06. The first-order valence-corrected chi connectivity index (χ1v) is 7.00. The van der Waals surface area contributed by atoms with Crippen molar-refractivity contribution < 1.29 is 0 Å². The number of unbranched alkanes of at least 4 members (excludes halogenated alkanes) is 1. The van der Waals surface area contributed by atoms with Crippen molar-refractivity contribution in [2.75, 3.05) is 0 Å². The van der Waals surface area contributed by atoms with E-state index in [9.17, 15) is 0 Å². The zero-order chi connectivity index (χ0) is 13.5. The van der Waals surface area contributed by atoms with Gasteiger partial charge in [0.15, 0.2) is 0 Å². The van der Waals surface area contributed by atoms with Crippen molar-refractivity contribution >= 4 is 18.2 Å². The number of thiol groups is 1. The third kappa shape index (κ3) is 4.26. The maximum absolute atomic E-state index is 5.57. The van der Waals surface area contributed by atoms with Crippen molar-refractivity contribution in [1.82, 2.24) is 0 Å². The van der Waals surface area contributed by atoms with Gasteiger partial charge in [0.1, 0.15) is 0 Å². The second-order valence-electron chi connectivity index (χ2n) is 4.75. The predicted molar refractivity (Wildman–Crippen MR) is 84.7 cm³/mol. The van der Waals surface area contributed by atoms with E-state index >= 15 is 0 Å². The third-order valence-corrected chi connectivity index (χ3v) is 3.40. The number of hydrogen-bond acceptors (Lipinski definition) is 2. The van der Waals surface area contributed by atoms with Crippen molar-refractivity contribution in [3.8, 4) is 0 Å². The molecule has 0 spiro atoms. The van der Waals surface area contributed by atoms with Gasteiger partial charge in [-0.3, -0.25) is 0 Å². The topological polar surface area (TPSA) is 26.0 Å². The molecule has 0 fully saturated rings. The number of aryl methyl sites for hydroxylation is 1. The van der Waals surface area contributed by atoms with Crippen molar-refractivity contribution in [3.05, 3.63) is 53.7 Å². The van der Waals surface area contributed by atoms with Gasteiger partial charge in [-0.15, -0.1) is 0 Å². The summed E-state index contributed by atoms with van der Waals surface area (Å²) >= 11 is 4.45. The van der Waals surface area contributed by atoms with Gasteiger partial charge in [0, 0.05) is 11.4 Å². The molecule has 0 aliphatic heterocycles. The number of nitrogens with two attached hydrogens (primary N) is 1. The van der Waals surface area contributed by atoms with E-state index in [1.54, 1.807) is 0 Å². The van der Waals surface area contributed by atoms with Crippen LogP contribution in [0.1, 0.15) is 42.9 Å². The standard InChI is InChI=1S/C16H23NS/c1-12(2)15-10-6-9-14(16(15)11-18)8-5-4-7-13(3)17/h6,9-10,18H,1,3-5,7-8,11,17H2,2H3. The van der Waals surface area contributed by atoms with E-state index in [-0.39, 0.29) is 0 Å². The third-order valence-electron chi connectivity index (χ3n) is 3.08. The van der Waals surface area contributed by atoms with Crippen LogP contribution in [0, 0.1) is 0 Å². The Morgan fingerprint density at radius 1 is 1.28 bits per heavy atom. The molecule has 0 saturated carbocycles. The van der Waals surface area contributed by atoms with E-state index in [1.807, 2.05) is 6.92 Å². The quantitative estimate of drug-likeness (QED) is 0.554. The fraction of sp³-hybridized carbons (Fsp3) is 0.375. The maximum Gasteiger partial charge on any atom is 0.0163 e. The average molecular weight is 261 g/mol.